The van der Waals surface area contributed by atoms with Crippen LogP contribution in [0.2, 0.25) is 0 Å². The first kappa shape index (κ1) is 18.1. The lowest BCUT2D eigenvalue weighted by Gasteiger charge is -2.31. The minimum atomic E-state index is -3.45. The van der Waals surface area contributed by atoms with Crippen LogP contribution in [0.1, 0.15) is 34.0 Å². The Morgan fingerprint density at radius 2 is 2.24 bits per heavy atom. The van der Waals surface area contributed by atoms with Crippen molar-refractivity contribution in [3.63, 3.8) is 0 Å². The van der Waals surface area contributed by atoms with Crippen molar-refractivity contribution in [3.8, 4) is 0 Å². The van der Waals surface area contributed by atoms with E-state index in [1.807, 2.05) is 13.0 Å². The maximum absolute atomic E-state index is 12.7. The third kappa shape index (κ3) is 4.10. The van der Waals surface area contributed by atoms with E-state index >= 15 is 0 Å². The summed E-state index contributed by atoms with van der Waals surface area (Å²) in [6, 6.07) is 5.05. The third-order valence-corrected chi connectivity index (χ3v) is 7.54. The average Bonchev–Trinajstić information content (AvgIpc) is 3.22. The molecule has 2 aromatic rings. The predicted molar refractivity (Wildman–Crippen MR) is 94.1 cm³/mol. The highest BCUT2D eigenvalue weighted by Crippen LogP contribution is 2.28. The molecule has 1 fully saturated rings. The van der Waals surface area contributed by atoms with Crippen LogP contribution in [0.25, 0.3) is 0 Å². The molecule has 0 aliphatic carbocycles. The van der Waals surface area contributed by atoms with Gasteiger partial charge in [-0.15, -0.1) is 11.3 Å². The largest absolute Gasteiger partial charge is 0.361 e. The highest BCUT2D eigenvalue weighted by molar-refractivity contribution is 7.91. The van der Waals surface area contributed by atoms with Crippen molar-refractivity contribution in [3.05, 3.63) is 34.5 Å². The molecule has 1 N–H and O–H groups in total. The molecule has 1 aliphatic heterocycles. The van der Waals surface area contributed by atoms with Gasteiger partial charge in [-0.05, 0) is 44.7 Å². The number of nitrogens with zero attached hydrogens (tertiary/aromatic N) is 2. The lowest BCUT2D eigenvalue weighted by atomic mass is 10.00. The van der Waals surface area contributed by atoms with Crippen molar-refractivity contribution >= 4 is 27.3 Å². The van der Waals surface area contributed by atoms with Gasteiger partial charge in [0.05, 0.1) is 0 Å². The number of hydrogen-bond donors (Lipinski definition) is 1. The smallest absolute Gasteiger partial charge is 0.273 e. The van der Waals surface area contributed by atoms with Gasteiger partial charge in [0.2, 0.25) is 0 Å². The van der Waals surface area contributed by atoms with Crippen molar-refractivity contribution in [2.45, 2.75) is 30.9 Å². The number of aryl methyl sites for hydroxylation is 2. The van der Waals surface area contributed by atoms with Crippen LogP contribution in [-0.2, 0) is 10.0 Å². The van der Waals surface area contributed by atoms with Crippen molar-refractivity contribution in [1.82, 2.24) is 14.8 Å². The summed E-state index contributed by atoms with van der Waals surface area (Å²) in [7, 11) is -3.45. The van der Waals surface area contributed by atoms with Gasteiger partial charge in [0.1, 0.15) is 9.97 Å². The van der Waals surface area contributed by atoms with Crippen LogP contribution in [-0.4, -0.2) is 43.4 Å². The number of sulfonamides is 1. The van der Waals surface area contributed by atoms with Crippen LogP contribution in [0.3, 0.4) is 0 Å². The first-order valence-electron chi connectivity index (χ1n) is 8.14. The molecule has 7 nitrogen and oxygen atoms in total. The quantitative estimate of drug-likeness (QED) is 0.854. The van der Waals surface area contributed by atoms with E-state index < -0.39 is 10.0 Å². The second-order valence-corrected chi connectivity index (χ2v) is 9.72. The Balaban J connectivity index is 1.60. The molecule has 1 amide bonds. The van der Waals surface area contributed by atoms with Crippen LogP contribution in [0.15, 0.2) is 26.9 Å². The van der Waals surface area contributed by atoms with Crippen LogP contribution in [0.4, 0.5) is 0 Å². The molecule has 1 saturated heterocycles. The van der Waals surface area contributed by atoms with Crippen LogP contribution >= 0.6 is 11.3 Å². The number of nitrogens with one attached hydrogen (secondary N) is 1. The molecule has 0 aromatic carbocycles. The number of rotatable bonds is 5. The molecular weight excluding hydrogens is 362 g/mol. The van der Waals surface area contributed by atoms with Gasteiger partial charge in [0.15, 0.2) is 5.69 Å². The first-order chi connectivity index (χ1) is 11.9. The molecule has 3 rings (SSSR count). The predicted octanol–water partition coefficient (Wildman–Crippen LogP) is 2.18. The summed E-state index contributed by atoms with van der Waals surface area (Å²) in [6.45, 7) is 4.97. The summed E-state index contributed by atoms with van der Waals surface area (Å²) in [4.78, 5) is 13.0. The Kier molecular flexibility index (Phi) is 5.26. The minimum absolute atomic E-state index is 0.0848. The number of amides is 1. The van der Waals surface area contributed by atoms with Gasteiger partial charge in [-0.25, -0.2) is 8.42 Å². The lowest BCUT2D eigenvalue weighted by Crippen LogP contribution is -2.43. The van der Waals surface area contributed by atoms with Gasteiger partial charge >= 0.3 is 0 Å². The average molecular weight is 383 g/mol. The van der Waals surface area contributed by atoms with E-state index in [4.69, 9.17) is 4.52 Å². The van der Waals surface area contributed by atoms with Crippen molar-refractivity contribution in [1.29, 1.82) is 0 Å². The molecular formula is C16H21N3O4S2. The molecule has 1 aliphatic rings. The zero-order valence-electron chi connectivity index (χ0n) is 14.2. The first-order valence-corrected chi connectivity index (χ1v) is 10.4. The summed E-state index contributed by atoms with van der Waals surface area (Å²) in [5.41, 5.74) is 0.242. The van der Waals surface area contributed by atoms with Gasteiger partial charge in [0.25, 0.3) is 15.9 Å². The van der Waals surface area contributed by atoms with Gasteiger partial charge in [0, 0.05) is 30.6 Å². The SMILES string of the molecule is Cc1cc(C(=O)NC[C@H]2CCCN(S(=O)(=O)c3ccc(C)s3)C2)no1. The molecule has 0 bridgehead atoms. The topological polar surface area (TPSA) is 92.5 Å². The fraction of sp³-hybridized carbons (Fsp3) is 0.500. The number of thiophene rings is 1. The third-order valence-electron chi connectivity index (χ3n) is 4.20. The van der Waals surface area contributed by atoms with Gasteiger partial charge in [-0.3, -0.25) is 4.79 Å². The highest BCUT2D eigenvalue weighted by Gasteiger charge is 2.31. The normalized spacial score (nSPS) is 19.0. The number of carbonyl (C=O) groups excluding carboxylic acids is 1. The fourth-order valence-corrected chi connectivity index (χ4v) is 5.88. The Morgan fingerprint density at radius 1 is 1.44 bits per heavy atom. The van der Waals surface area contributed by atoms with E-state index in [1.54, 1.807) is 19.1 Å². The molecule has 1 atom stereocenters. The number of hydrogen-bond acceptors (Lipinski definition) is 6. The summed E-state index contributed by atoms with van der Waals surface area (Å²) >= 11 is 1.29. The van der Waals surface area contributed by atoms with E-state index in [0.29, 0.717) is 29.6 Å². The number of piperidine rings is 1. The Hall–Kier alpha value is -1.71. The monoisotopic (exact) mass is 383 g/mol. The molecule has 9 heteroatoms. The molecule has 0 spiro atoms. The molecule has 25 heavy (non-hydrogen) atoms. The maximum atomic E-state index is 12.7. The number of aromatic nitrogens is 1. The number of carbonyl (C=O) groups is 1. The van der Waals surface area contributed by atoms with Crippen LogP contribution in [0, 0.1) is 19.8 Å². The molecule has 0 radical (unpaired) electrons. The molecule has 0 unspecified atom stereocenters. The van der Waals surface area contributed by atoms with Crippen LogP contribution < -0.4 is 5.32 Å². The van der Waals surface area contributed by atoms with Gasteiger partial charge < -0.3 is 9.84 Å². The minimum Gasteiger partial charge on any atom is -0.361 e. The summed E-state index contributed by atoms with van der Waals surface area (Å²) in [5, 5.41) is 6.50. The van der Waals surface area contributed by atoms with E-state index in [-0.39, 0.29) is 17.5 Å². The fourth-order valence-electron chi connectivity index (χ4n) is 2.89. The van der Waals surface area contributed by atoms with Crippen molar-refractivity contribution < 1.29 is 17.7 Å². The Bertz CT molecular complexity index is 856. The standard InChI is InChI=1S/C16H21N3O4S2/c1-11-8-14(18-23-11)16(20)17-9-13-4-3-7-19(10-13)25(21,22)15-6-5-12(2)24-15/h5-6,8,13H,3-4,7,9-10H2,1-2H3,(H,17,20)/t13-/m1/s1. The highest BCUT2D eigenvalue weighted by atomic mass is 32.2. The zero-order chi connectivity index (χ0) is 18.0. The maximum Gasteiger partial charge on any atom is 0.273 e. The van der Waals surface area contributed by atoms with E-state index in [1.165, 1.54) is 15.6 Å². The lowest BCUT2D eigenvalue weighted by molar-refractivity contribution is 0.0932. The Labute approximate surface area is 151 Å². The van der Waals surface area contributed by atoms with E-state index in [0.717, 1.165) is 17.7 Å². The van der Waals surface area contributed by atoms with E-state index in [9.17, 15) is 13.2 Å². The second kappa shape index (κ2) is 7.27. The summed E-state index contributed by atoms with van der Waals surface area (Å²) < 4.78 is 32.3. The van der Waals surface area contributed by atoms with E-state index in [2.05, 4.69) is 10.5 Å². The molecule has 136 valence electrons. The Morgan fingerprint density at radius 3 is 2.88 bits per heavy atom. The summed E-state index contributed by atoms with van der Waals surface area (Å²) in [6.07, 6.45) is 1.67. The molecule has 3 heterocycles. The molecule has 0 saturated carbocycles. The van der Waals surface area contributed by atoms with Crippen molar-refractivity contribution in [2.75, 3.05) is 19.6 Å². The van der Waals surface area contributed by atoms with Gasteiger partial charge in [-0.2, -0.15) is 4.31 Å². The second-order valence-electron chi connectivity index (χ2n) is 6.27. The zero-order valence-corrected chi connectivity index (χ0v) is 15.8. The van der Waals surface area contributed by atoms with Gasteiger partial charge in [-0.1, -0.05) is 5.16 Å². The van der Waals surface area contributed by atoms with Crippen LogP contribution in [0.5, 0.6) is 0 Å². The summed E-state index contributed by atoms with van der Waals surface area (Å²) in [5.74, 6) is 0.360. The molecule has 2 aromatic heterocycles. The van der Waals surface area contributed by atoms with Crippen molar-refractivity contribution in [2.24, 2.45) is 5.92 Å².